The van der Waals surface area contributed by atoms with Gasteiger partial charge >= 0.3 is 0 Å². The van der Waals surface area contributed by atoms with Gasteiger partial charge in [-0.05, 0) is 12.1 Å². The van der Waals surface area contributed by atoms with Gasteiger partial charge in [-0.25, -0.2) is 0 Å². The quantitative estimate of drug-likeness (QED) is 0.681. The van der Waals surface area contributed by atoms with Gasteiger partial charge in [-0.3, -0.25) is 4.99 Å². The first-order valence-electron chi connectivity index (χ1n) is 5.56. The maximum Gasteiger partial charge on any atom is 0.176 e. The Balaban J connectivity index is 2.14. The van der Waals surface area contributed by atoms with E-state index in [0.29, 0.717) is 6.54 Å². The van der Waals surface area contributed by atoms with Gasteiger partial charge in [-0.2, -0.15) is 0 Å². The first-order chi connectivity index (χ1) is 8.74. The van der Waals surface area contributed by atoms with Gasteiger partial charge in [0.05, 0.1) is 6.54 Å². The molecule has 0 atom stereocenters. The molecule has 0 saturated heterocycles. The van der Waals surface area contributed by atoms with Gasteiger partial charge in [-0.1, -0.05) is 22.0 Å². The molecule has 0 saturated carbocycles. The van der Waals surface area contributed by atoms with Gasteiger partial charge in [0, 0.05) is 47.6 Å². The Hall–Kier alpha value is -1.17. The molecular weight excluding hydrogens is 296 g/mol. The Morgan fingerprint density at radius 2 is 2.17 bits per heavy atom. The number of H-pyrrole nitrogens is 1. The van der Waals surface area contributed by atoms with Crippen LogP contribution in [0.2, 0.25) is 0 Å². The van der Waals surface area contributed by atoms with E-state index in [-0.39, 0.29) is 6.29 Å². The summed E-state index contributed by atoms with van der Waals surface area (Å²) in [7, 11) is 3.21. The monoisotopic (exact) mass is 310 g/mol. The second kappa shape index (κ2) is 6.13. The van der Waals surface area contributed by atoms with E-state index >= 15 is 0 Å². The number of aliphatic imine (C=N–C) groups is 1. The Bertz CT molecular complexity index is 547. The van der Waals surface area contributed by atoms with Crippen molar-refractivity contribution in [1.29, 1.82) is 0 Å². The first kappa shape index (κ1) is 13.3. The van der Waals surface area contributed by atoms with Gasteiger partial charge in [0.2, 0.25) is 0 Å². The zero-order valence-electron chi connectivity index (χ0n) is 10.3. The molecule has 0 bridgehead atoms. The lowest BCUT2D eigenvalue weighted by atomic mass is 10.2. The molecule has 0 radical (unpaired) electrons. The largest absolute Gasteiger partial charge is 0.360 e. The van der Waals surface area contributed by atoms with E-state index in [2.05, 4.69) is 32.0 Å². The molecule has 0 aliphatic heterocycles. The standard InChI is InChI=1S/C13H15BrN2O2/c1-17-13(18-2)8-15-6-9-7-16-12-5-10(14)3-4-11(9)12/h3-7,13,16H,8H2,1-2H3. The minimum absolute atomic E-state index is 0.291. The fourth-order valence-electron chi connectivity index (χ4n) is 1.71. The molecule has 0 amide bonds. The average Bonchev–Trinajstić information content (AvgIpc) is 2.77. The lowest BCUT2D eigenvalue weighted by molar-refractivity contribution is -0.0936. The Labute approximate surface area is 114 Å². The van der Waals surface area contributed by atoms with Crippen LogP contribution in [0.5, 0.6) is 0 Å². The lowest BCUT2D eigenvalue weighted by Crippen LogP contribution is -2.16. The predicted molar refractivity (Wildman–Crippen MR) is 76.3 cm³/mol. The van der Waals surface area contributed by atoms with E-state index in [1.54, 1.807) is 14.2 Å². The van der Waals surface area contributed by atoms with E-state index in [4.69, 9.17) is 9.47 Å². The van der Waals surface area contributed by atoms with Crippen molar-refractivity contribution >= 4 is 33.0 Å². The number of hydrogen-bond donors (Lipinski definition) is 1. The third kappa shape index (κ3) is 2.98. The first-order valence-corrected chi connectivity index (χ1v) is 6.36. The molecule has 4 nitrogen and oxygen atoms in total. The molecule has 1 aromatic carbocycles. The van der Waals surface area contributed by atoms with Gasteiger partial charge in [0.25, 0.3) is 0 Å². The van der Waals surface area contributed by atoms with Crippen LogP contribution in [0.15, 0.2) is 33.9 Å². The van der Waals surface area contributed by atoms with Crippen LogP contribution >= 0.6 is 15.9 Å². The topological polar surface area (TPSA) is 46.6 Å². The van der Waals surface area contributed by atoms with Gasteiger partial charge in [-0.15, -0.1) is 0 Å². The fraction of sp³-hybridized carbons (Fsp3) is 0.308. The molecule has 0 fully saturated rings. The summed E-state index contributed by atoms with van der Waals surface area (Å²) in [4.78, 5) is 7.53. The second-order valence-electron chi connectivity index (χ2n) is 3.83. The number of nitrogens with one attached hydrogen (secondary N) is 1. The molecule has 2 rings (SSSR count). The van der Waals surface area contributed by atoms with Crippen LogP contribution in [0.4, 0.5) is 0 Å². The summed E-state index contributed by atoms with van der Waals surface area (Å²) in [6, 6.07) is 6.11. The number of halogens is 1. The number of methoxy groups -OCH3 is 2. The summed E-state index contributed by atoms with van der Waals surface area (Å²) in [5.74, 6) is 0. The molecule has 0 spiro atoms. The summed E-state index contributed by atoms with van der Waals surface area (Å²) in [5, 5.41) is 1.15. The molecule has 1 heterocycles. The van der Waals surface area contributed by atoms with Crippen LogP contribution < -0.4 is 0 Å². The van der Waals surface area contributed by atoms with Crippen molar-refractivity contribution in [1.82, 2.24) is 4.98 Å². The Morgan fingerprint density at radius 3 is 2.89 bits per heavy atom. The molecular formula is C13H15BrN2O2. The highest BCUT2D eigenvalue weighted by atomic mass is 79.9. The minimum atomic E-state index is -0.291. The molecule has 18 heavy (non-hydrogen) atoms. The smallest absolute Gasteiger partial charge is 0.176 e. The summed E-state index contributed by atoms with van der Waals surface area (Å²) >= 11 is 3.45. The summed E-state index contributed by atoms with van der Waals surface area (Å²) in [6.07, 6.45) is 3.48. The number of fused-ring (bicyclic) bond motifs is 1. The maximum atomic E-state index is 5.07. The van der Waals surface area contributed by atoms with E-state index in [1.807, 2.05) is 24.5 Å². The molecule has 0 unspecified atom stereocenters. The molecule has 1 aromatic heterocycles. The Kier molecular flexibility index (Phi) is 4.52. The SMILES string of the molecule is COC(CN=Cc1c[nH]c2cc(Br)ccc12)OC. The maximum absolute atomic E-state index is 5.07. The van der Waals surface area contributed by atoms with Crippen LogP contribution in [-0.2, 0) is 9.47 Å². The van der Waals surface area contributed by atoms with Crippen molar-refractivity contribution in [3.63, 3.8) is 0 Å². The van der Waals surface area contributed by atoms with Gasteiger partial charge in [0.15, 0.2) is 6.29 Å². The molecule has 0 aliphatic carbocycles. The summed E-state index contributed by atoms with van der Waals surface area (Å²) in [5.41, 5.74) is 2.14. The van der Waals surface area contributed by atoms with Crippen molar-refractivity contribution in [2.24, 2.45) is 4.99 Å². The van der Waals surface area contributed by atoms with Crippen molar-refractivity contribution in [2.45, 2.75) is 6.29 Å². The van der Waals surface area contributed by atoms with Crippen molar-refractivity contribution < 1.29 is 9.47 Å². The van der Waals surface area contributed by atoms with Crippen molar-refractivity contribution in [3.8, 4) is 0 Å². The zero-order valence-corrected chi connectivity index (χ0v) is 11.9. The van der Waals surface area contributed by atoms with Crippen LogP contribution in [0.1, 0.15) is 5.56 Å². The third-order valence-electron chi connectivity index (χ3n) is 2.69. The third-order valence-corrected chi connectivity index (χ3v) is 3.18. The van der Waals surface area contributed by atoms with E-state index in [1.165, 1.54) is 0 Å². The van der Waals surface area contributed by atoms with Crippen molar-refractivity contribution in [3.05, 3.63) is 34.4 Å². The number of rotatable bonds is 5. The van der Waals surface area contributed by atoms with Crippen LogP contribution in [0.3, 0.4) is 0 Å². The molecule has 96 valence electrons. The normalized spacial score (nSPS) is 12.0. The second-order valence-corrected chi connectivity index (χ2v) is 4.74. The number of hydrogen-bond acceptors (Lipinski definition) is 3. The number of ether oxygens (including phenoxy) is 2. The molecule has 0 aliphatic rings. The fourth-order valence-corrected chi connectivity index (χ4v) is 2.07. The predicted octanol–water partition coefficient (Wildman–Crippen LogP) is 2.97. The highest BCUT2D eigenvalue weighted by Gasteiger charge is 2.04. The van der Waals surface area contributed by atoms with Crippen molar-refractivity contribution in [2.75, 3.05) is 20.8 Å². The lowest BCUT2D eigenvalue weighted by Gasteiger charge is -2.09. The number of benzene rings is 1. The minimum Gasteiger partial charge on any atom is -0.360 e. The average molecular weight is 311 g/mol. The molecule has 2 aromatic rings. The summed E-state index contributed by atoms with van der Waals surface area (Å²) < 4.78 is 11.2. The van der Waals surface area contributed by atoms with Crippen LogP contribution in [0, 0.1) is 0 Å². The van der Waals surface area contributed by atoms with E-state index < -0.39 is 0 Å². The number of aromatic amines is 1. The molecule has 5 heteroatoms. The summed E-state index contributed by atoms with van der Waals surface area (Å²) in [6.45, 7) is 0.482. The molecule has 1 N–H and O–H groups in total. The van der Waals surface area contributed by atoms with Crippen LogP contribution in [-0.4, -0.2) is 38.3 Å². The number of aromatic nitrogens is 1. The zero-order chi connectivity index (χ0) is 13.0. The highest BCUT2D eigenvalue weighted by molar-refractivity contribution is 9.10. The van der Waals surface area contributed by atoms with Gasteiger partial charge in [0.1, 0.15) is 0 Å². The number of nitrogens with zero attached hydrogens (tertiary/aromatic N) is 1. The van der Waals surface area contributed by atoms with E-state index in [0.717, 1.165) is 20.9 Å². The van der Waals surface area contributed by atoms with E-state index in [9.17, 15) is 0 Å². The van der Waals surface area contributed by atoms with Gasteiger partial charge < -0.3 is 14.5 Å². The highest BCUT2D eigenvalue weighted by Crippen LogP contribution is 2.21. The Morgan fingerprint density at radius 1 is 1.39 bits per heavy atom. The van der Waals surface area contributed by atoms with Crippen LogP contribution in [0.25, 0.3) is 10.9 Å².